The largest absolute Gasteiger partial charge is 0.347 e. The second-order valence-corrected chi connectivity index (χ2v) is 6.79. The summed E-state index contributed by atoms with van der Waals surface area (Å²) in [6.07, 6.45) is 3.36. The van der Waals surface area contributed by atoms with Crippen LogP contribution in [0.4, 0.5) is 0 Å². The molecule has 0 spiro atoms. The molecule has 0 fully saturated rings. The Morgan fingerprint density at radius 3 is 2.68 bits per heavy atom. The number of rotatable bonds is 1. The first-order chi connectivity index (χ1) is 10.4. The molecule has 2 aliphatic rings. The number of dihydropyridines is 1. The summed E-state index contributed by atoms with van der Waals surface area (Å²) in [4.78, 5) is 4.87. The van der Waals surface area contributed by atoms with Crippen molar-refractivity contribution in [3.8, 4) is 0 Å². The lowest BCUT2D eigenvalue weighted by atomic mass is 9.75. The summed E-state index contributed by atoms with van der Waals surface area (Å²) < 4.78 is 0. The van der Waals surface area contributed by atoms with Gasteiger partial charge < -0.3 is 5.32 Å². The summed E-state index contributed by atoms with van der Waals surface area (Å²) >= 11 is 0. The molecule has 2 nitrogen and oxygen atoms in total. The number of nitrogens with zero attached hydrogens (tertiary/aromatic N) is 1. The fourth-order valence-corrected chi connectivity index (χ4v) is 3.42. The van der Waals surface area contributed by atoms with Crippen LogP contribution in [0.15, 0.2) is 41.3 Å². The molecule has 0 saturated carbocycles. The molecule has 1 atom stereocenters. The van der Waals surface area contributed by atoms with Crippen molar-refractivity contribution in [3.63, 3.8) is 0 Å². The molecule has 0 radical (unpaired) electrons. The number of hydrogen-bond acceptors (Lipinski definition) is 2. The lowest BCUT2D eigenvalue weighted by Gasteiger charge is -2.35. The molecule has 2 heteroatoms. The van der Waals surface area contributed by atoms with Gasteiger partial charge in [0.2, 0.25) is 0 Å². The minimum Gasteiger partial charge on any atom is -0.347 e. The fraction of sp³-hybridized carbons (Fsp3) is 0.400. The first-order valence-corrected chi connectivity index (χ1v) is 7.99. The van der Waals surface area contributed by atoms with E-state index in [9.17, 15) is 0 Å². The highest BCUT2D eigenvalue weighted by Crippen LogP contribution is 2.40. The summed E-state index contributed by atoms with van der Waals surface area (Å²) in [6, 6.07) is 2.31. The lowest BCUT2D eigenvalue weighted by Crippen LogP contribution is -2.29. The monoisotopic (exact) mass is 292 g/mol. The molecule has 1 N–H and O–H groups in total. The SMILES string of the molecule is C=C=C1NC2=C(C=C1C)C(C(C)C)Cc1cc(C)c(C)nc12. The van der Waals surface area contributed by atoms with Crippen molar-refractivity contribution in [2.24, 2.45) is 11.8 Å². The van der Waals surface area contributed by atoms with E-state index in [2.05, 4.69) is 64.4 Å². The van der Waals surface area contributed by atoms with Crippen LogP contribution >= 0.6 is 0 Å². The number of nitrogens with one attached hydrogen (secondary N) is 1. The molecule has 0 saturated heterocycles. The van der Waals surface area contributed by atoms with Gasteiger partial charge >= 0.3 is 0 Å². The third-order valence-electron chi connectivity index (χ3n) is 4.91. The summed E-state index contributed by atoms with van der Waals surface area (Å²) in [5.41, 5.74) is 12.5. The summed E-state index contributed by atoms with van der Waals surface area (Å²) in [5, 5.41) is 3.53. The zero-order chi connectivity index (χ0) is 16.0. The van der Waals surface area contributed by atoms with Crippen LogP contribution in [-0.2, 0) is 6.42 Å². The van der Waals surface area contributed by atoms with E-state index >= 15 is 0 Å². The van der Waals surface area contributed by atoms with Crippen LogP contribution in [-0.4, -0.2) is 4.98 Å². The van der Waals surface area contributed by atoms with E-state index in [0.717, 1.165) is 29.2 Å². The maximum absolute atomic E-state index is 4.87. The maximum atomic E-state index is 4.87. The molecule has 1 aliphatic heterocycles. The Morgan fingerprint density at radius 2 is 2.05 bits per heavy atom. The van der Waals surface area contributed by atoms with Crippen molar-refractivity contribution in [2.45, 2.75) is 41.0 Å². The van der Waals surface area contributed by atoms with Gasteiger partial charge in [-0.15, -0.1) is 5.73 Å². The quantitative estimate of drug-likeness (QED) is 0.773. The van der Waals surface area contributed by atoms with Gasteiger partial charge in [-0.25, -0.2) is 0 Å². The Morgan fingerprint density at radius 1 is 1.32 bits per heavy atom. The van der Waals surface area contributed by atoms with Gasteiger partial charge in [0, 0.05) is 5.69 Å². The number of aryl methyl sites for hydroxylation is 2. The lowest BCUT2D eigenvalue weighted by molar-refractivity contribution is 0.440. The van der Waals surface area contributed by atoms with Crippen LogP contribution in [0.2, 0.25) is 0 Å². The normalized spacial score (nSPS) is 20.2. The number of aromatic nitrogens is 1. The highest BCUT2D eigenvalue weighted by atomic mass is 14.9. The van der Waals surface area contributed by atoms with E-state index in [1.807, 2.05) is 0 Å². The highest BCUT2D eigenvalue weighted by molar-refractivity contribution is 5.76. The van der Waals surface area contributed by atoms with E-state index in [-0.39, 0.29) is 0 Å². The van der Waals surface area contributed by atoms with Gasteiger partial charge in [-0.1, -0.05) is 32.6 Å². The molecule has 114 valence electrons. The third-order valence-corrected chi connectivity index (χ3v) is 4.91. The average molecular weight is 292 g/mol. The van der Waals surface area contributed by atoms with Crippen LogP contribution in [0.5, 0.6) is 0 Å². The van der Waals surface area contributed by atoms with Crippen molar-refractivity contribution in [2.75, 3.05) is 0 Å². The molecule has 1 aliphatic carbocycles. The summed E-state index contributed by atoms with van der Waals surface area (Å²) in [5.74, 6) is 1.13. The van der Waals surface area contributed by atoms with Gasteiger partial charge in [0.1, 0.15) is 0 Å². The molecule has 1 aromatic heterocycles. The van der Waals surface area contributed by atoms with Crippen LogP contribution in [0.3, 0.4) is 0 Å². The highest BCUT2D eigenvalue weighted by Gasteiger charge is 2.32. The predicted molar refractivity (Wildman–Crippen MR) is 92.2 cm³/mol. The molecule has 3 rings (SSSR count). The van der Waals surface area contributed by atoms with Crippen LogP contribution in [0.1, 0.15) is 43.3 Å². The predicted octanol–water partition coefficient (Wildman–Crippen LogP) is 4.46. The zero-order valence-corrected chi connectivity index (χ0v) is 14.2. The van der Waals surface area contributed by atoms with Crippen molar-refractivity contribution < 1.29 is 0 Å². The Hall–Kier alpha value is -2.05. The maximum Gasteiger partial charge on any atom is 0.0903 e. The van der Waals surface area contributed by atoms with Crippen LogP contribution < -0.4 is 5.32 Å². The molecule has 0 amide bonds. The smallest absolute Gasteiger partial charge is 0.0903 e. The van der Waals surface area contributed by atoms with Crippen molar-refractivity contribution in [3.05, 3.63) is 63.8 Å². The van der Waals surface area contributed by atoms with E-state index < -0.39 is 0 Å². The molecular formula is C20H24N2. The Bertz CT molecular complexity index is 756. The van der Waals surface area contributed by atoms with E-state index in [1.165, 1.54) is 22.3 Å². The number of fused-ring (bicyclic) bond motifs is 2. The molecule has 0 bridgehead atoms. The number of pyridine rings is 1. The van der Waals surface area contributed by atoms with Crippen molar-refractivity contribution in [1.82, 2.24) is 10.3 Å². The second-order valence-electron chi connectivity index (χ2n) is 6.79. The molecule has 1 aromatic rings. The second kappa shape index (κ2) is 5.30. The molecular weight excluding hydrogens is 268 g/mol. The van der Waals surface area contributed by atoms with Gasteiger partial charge in [-0.2, -0.15) is 0 Å². The summed E-state index contributed by atoms with van der Waals surface area (Å²) in [6.45, 7) is 14.8. The Labute approximate surface area is 133 Å². The van der Waals surface area contributed by atoms with Gasteiger partial charge in [0.15, 0.2) is 0 Å². The van der Waals surface area contributed by atoms with Gasteiger partial charge in [0.05, 0.1) is 17.1 Å². The molecule has 2 heterocycles. The van der Waals surface area contributed by atoms with E-state index in [1.54, 1.807) is 0 Å². The zero-order valence-electron chi connectivity index (χ0n) is 14.2. The molecule has 1 unspecified atom stereocenters. The van der Waals surface area contributed by atoms with E-state index in [4.69, 9.17) is 4.98 Å². The molecule has 22 heavy (non-hydrogen) atoms. The van der Waals surface area contributed by atoms with Crippen molar-refractivity contribution in [1.29, 1.82) is 0 Å². The van der Waals surface area contributed by atoms with Crippen molar-refractivity contribution >= 4 is 5.70 Å². The standard InChI is InChI=1S/C20H24N2/c1-7-18-13(5)9-17-16(11(2)3)10-15-8-12(4)14(6)21-19(15)20(17)22-18/h8-9,11,16,22H,1,10H2,2-6H3. The minimum atomic E-state index is 0.528. The van der Waals surface area contributed by atoms with Gasteiger partial charge in [-0.05, 0) is 61.3 Å². The van der Waals surface area contributed by atoms with Gasteiger partial charge in [0.25, 0.3) is 0 Å². The van der Waals surface area contributed by atoms with E-state index in [0.29, 0.717) is 11.8 Å². The molecule has 0 aromatic carbocycles. The minimum absolute atomic E-state index is 0.528. The van der Waals surface area contributed by atoms with Gasteiger partial charge in [-0.3, -0.25) is 4.98 Å². The Kier molecular flexibility index (Phi) is 3.58. The number of hydrogen-bond donors (Lipinski definition) is 1. The van der Waals surface area contributed by atoms with Crippen LogP contribution in [0, 0.1) is 25.7 Å². The first-order valence-electron chi connectivity index (χ1n) is 7.99. The average Bonchev–Trinajstić information content (AvgIpc) is 2.47. The fourth-order valence-electron chi connectivity index (χ4n) is 3.42. The Balaban J connectivity index is 2.25. The topological polar surface area (TPSA) is 24.9 Å². The first kappa shape index (κ1) is 14.9. The summed E-state index contributed by atoms with van der Waals surface area (Å²) in [7, 11) is 0. The third kappa shape index (κ3) is 2.24. The van der Waals surface area contributed by atoms with Crippen LogP contribution in [0.25, 0.3) is 5.70 Å². The number of allylic oxidation sites excluding steroid dienone is 3.